The van der Waals surface area contributed by atoms with Crippen LogP contribution in [0.1, 0.15) is 56.9 Å². The quantitative estimate of drug-likeness (QED) is 0.538. The molecule has 7 heteroatoms. The van der Waals surface area contributed by atoms with Crippen LogP contribution in [0.2, 0.25) is 5.02 Å². The van der Waals surface area contributed by atoms with Crippen molar-refractivity contribution in [2.45, 2.75) is 51.4 Å². The van der Waals surface area contributed by atoms with Gasteiger partial charge in [-0.3, -0.25) is 14.4 Å². The molecule has 0 aromatic heterocycles. The number of hydrogen-bond acceptors (Lipinski definition) is 5. The number of nitrogens with zero attached hydrogens (tertiary/aromatic N) is 1. The second-order valence-electron chi connectivity index (χ2n) is 9.37. The summed E-state index contributed by atoms with van der Waals surface area (Å²) in [5, 5.41) is 3.38. The van der Waals surface area contributed by atoms with Gasteiger partial charge in [0.15, 0.2) is 18.2 Å². The minimum Gasteiger partial charge on any atom is -0.484 e. The predicted molar refractivity (Wildman–Crippen MR) is 139 cm³/mol. The summed E-state index contributed by atoms with van der Waals surface area (Å²) in [7, 11) is 0. The van der Waals surface area contributed by atoms with Crippen LogP contribution >= 0.6 is 11.6 Å². The second kappa shape index (κ2) is 10.3. The molecular weight excluding hydrogens is 476 g/mol. The fourth-order valence-corrected chi connectivity index (χ4v) is 5.72. The maximum Gasteiger partial charge on any atom is 0.262 e. The van der Waals surface area contributed by atoms with Gasteiger partial charge in [0.05, 0.1) is 0 Å². The summed E-state index contributed by atoms with van der Waals surface area (Å²) in [5.41, 5.74) is 5.15. The third-order valence-electron chi connectivity index (χ3n) is 7.09. The monoisotopic (exact) mass is 504 g/mol. The molecule has 0 saturated carbocycles. The molecule has 1 aliphatic heterocycles. The molecule has 2 aromatic rings. The summed E-state index contributed by atoms with van der Waals surface area (Å²) >= 11 is 5.90. The molecule has 0 radical (unpaired) electrons. The number of rotatable bonds is 6. The number of ether oxygens (including phenoxy) is 1. The zero-order valence-corrected chi connectivity index (χ0v) is 21.1. The third-order valence-corrected chi connectivity index (χ3v) is 7.34. The highest BCUT2D eigenvalue weighted by molar-refractivity contribution is 6.30. The van der Waals surface area contributed by atoms with Crippen molar-refractivity contribution in [2.75, 3.05) is 18.5 Å². The van der Waals surface area contributed by atoms with Gasteiger partial charge in [0.2, 0.25) is 0 Å². The van der Waals surface area contributed by atoms with Crippen molar-refractivity contribution < 1.29 is 19.1 Å². The average Bonchev–Trinajstić information content (AvgIpc) is 2.88. The summed E-state index contributed by atoms with van der Waals surface area (Å²) in [6.07, 6.45) is 4.37. The van der Waals surface area contributed by atoms with Crippen molar-refractivity contribution in [1.82, 2.24) is 4.90 Å². The molecule has 0 unspecified atom stereocenters. The molecule has 0 spiro atoms. The van der Waals surface area contributed by atoms with Crippen molar-refractivity contribution in [3.63, 3.8) is 0 Å². The zero-order chi connectivity index (χ0) is 25.2. The lowest BCUT2D eigenvalue weighted by atomic mass is 9.71. The van der Waals surface area contributed by atoms with Gasteiger partial charge in [-0.15, -0.1) is 0 Å². The first-order valence-electron chi connectivity index (χ1n) is 12.5. The van der Waals surface area contributed by atoms with Crippen molar-refractivity contribution in [3.05, 3.63) is 81.7 Å². The van der Waals surface area contributed by atoms with Crippen LogP contribution in [0.3, 0.4) is 0 Å². The van der Waals surface area contributed by atoms with Gasteiger partial charge in [-0.05, 0) is 74.6 Å². The highest BCUT2D eigenvalue weighted by Gasteiger charge is 2.42. The summed E-state index contributed by atoms with van der Waals surface area (Å²) in [6, 6.07) is 14.3. The molecule has 5 rings (SSSR count). The van der Waals surface area contributed by atoms with Crippen LogP contribution in [0.25, 0.3) is 0 Å². The van der Waals surface area contributed by atoms with Crippen molar-refractivity contribution in [1.29, 1.82) is 0 Å². The first-order valence-corrected chi connectivity index (χ1v) is 12.9. The molecule has 2 aromatic carbocycles. The van der Waals surface area contributed by atoms with E-state index in [0.717, 1.165) is 60.3 Å². The van der Waals surface area contributed by atoms with Gasteiger partial charge in [0.25, 0.3) is 5.91 Å². The molecule has 1 N–H and O–H groups in total. The minimum absolute atomic E-state index is 0.123. The van der Waals surface area contributed by atoms with Crippen LogP contribution in [0.15, 0.2) is 71.1 Å². The molecular formula is C29H29ClN2O4. The van der Waals surface area contributed by atoms with E-state index in [2.05, 4.69) is 17.1 Å². The Morgan fingerprint density at radius 1 is 0.972 bits per heavy atom. The van der Waals surface area contributed by atoms with Gasteiger partial charge in [0, 0.05) is 58.6 Å². The number of hydrogen-bond donors (Lipinski definition) is 1. The lowest BCUT2D eigenvalue weighted by Crippen LogP contribution is -2.39. The van der Waals surface area contributed by atoms with E-state index in [1.807, 2.05) is 18.2 Å². The van der Waals surface area contributed by atoms with E-state index in [0.29, 0.717) is 29.3 Å². The number of Topliss-reactive ketones (excluding diaryl/α,β-unsaturated/α-hetero) is 2. The number of carbonyl (C=O) groups excluding carboxylic acids is 3. The van der Waals surface area contributed by atoms with Crippen molar-refractivity contribution in [3.8, 4) is 5.75 Å². The van der Waals surface area contributed by atoms with Gasteiger partial charge in [-0.2, -0.15) is 0 Å². The smallest absolute Gasteiger partial charge is 0.262 e. The van der Waals surface area contributed by atoms with E-state index in [1.54, 1.807) is 30.3 Å². The Hall–Kier alpha value is -3.38. The fourth-order valence-electron chi connectivity index (χ4n) is 5.59. The Bertz CT molecular complexity index is 1230. The van der Waals surface area contributed by atoms with Crippen LogP contribution in [0.5, 0.6) is 5.75 Å². The first kappa shape index (κ1) is 24.3. The lowest BCUT2D eigenvalue weighted by Gasteiger charge is -2.43. The lowest BCUT2D eigenvalue weighted by molar-refractivity contribution is -0.118. The second-order valence-corrected chi connectivity index (χ2v) is 9.80. The maximum atomic E-state index is 13.2. The van der Waals surface area contributed by atoms with Gasteiger partial charge in [-0.1, -0.05) is 23.7 Å². The number of carbonyl (C=O) groups is 3. The molecule has 2 aliphatic carbocycles. The van der Waals surface area contributed by atoms with E-state index in [9.17, 15) is 14.4 Å². The average molecular weight is 505 g/mol. The van der Waals surface area contributed by atoms with Crippen LogP contribution < -0.4 is 10.1 Å². The number of nitrogens with one attached hydrogen (secondary N) is 1. The topological polar surface area (TPSA) is 75.7 Å². The number of ketones is 2. The Balaban J connectivity index is 1.43. The molecule has 1 amide bonds. The Morgan fingerprint density at radius 2 is 1.61 bits per heavy atom. The van der Waals surface area contributed by atoms with Gasteiger partial charge in [-0.25, -0.2) is 0 Å². The van der Waals surface area contributed by atoms with Crippen LogP contribution in [0.4, 0.5) is 5.69 Å². The first-order chi connectivity index (χ1) is 17.5. The number of halogens is 1. The Morgan fingerprint density at radius 3 is 2.22 bits per heavy atom. The molecule has 186 valence electrons. The summed E-state index contributed by atoms with van der Waals surface area (Å²) in [5.74, 6) is 0.0906. The van der Waals surface area contributed by atoms with E-state index in [4.69, 9.17) is 16.3 Å². The van der Waals surface area contributed by atoms with E-state index < -0.39 is 0 Å². The summed E-state index contributed by atoms with van der Waals surface area (Å²) in [4.78, 5) is 41.1. The molecule has 6 nitrogen and oxygen atoms in total. The highest BCUT2D eigenvalue weighted by Crippen LogP contribution is 2.49. The molecule has 0 bridgehead atoms. The Labute approximate surface area is 216 Å². The van der Waals surface area contributed by atoms with E-state index in [-0.39, 0.29) is 30.0 Å². The molecule has 0 fully saturated rings. The number of benzene rings is 2. The molecule has 0 atom stereocenters. The summed E-state index contributed by atoms with van der Waals surface area (Å²) in [6.45, 7) is 2.66. The molecule has 36 heavy (non-hydrogen) atoms. The normalized spacial score (nSPS) is 18.2. The van der Waals surface area contributed by atoms with Gasteiger partial charge in [0.1, 0.15) is 5.75 Å². The molecule has 0 saturated heterocycles. The van der Waals surface area contributed by atoms with Gasteiger partial charge < -0.3 is 15.0 Å². The molecule has 1 heterocycles. The standard InChI is InChI=1S/C29H29ClN2O4/c1-2-32-22-8-4-10-24(33)28(22)27(29-23(32)9-5-11-25(29)34)18-6-3-7-21(16-18)36-17-26(35)31-20-14-12-19(30)13-15-20/h3,6-7,12-16,27H,2,4-5,8-11,17H2,1H3,(H,31,35). The van der Waals surface area contributed by atoms with E-state index in [1.165, 1.54) is 0 Å². The SMILES string of the molecule is CCN1C2=C(C(=O)CCC2)C(c2cccc(OCC(=O)Nc3ccc(Cl)cc3)c2)C2=C1CCCC2=O. The van der Waals surface area contributed by atoms with Gasteiger partial charge >= 0.3 is 0 Å². The minimum atomic E-state index is -0.384. The number of amides is 1. The maximum absolute atomic E-state index is 13.2. The fraction of sp³-hybridized carbons (Fsp3) is 0.345. The highest BCUT2D eigenvalue weighted by atomic mass is 35.5. The van der Waals surface area contributed by atoms with Crippen LogP contribution in [-0.4, -0.2) is 35.5 Å². The molecule has 3 aliphatic rings. The zero-order valence-electron chi connectivity index (χ0n) is 20.3. The van der Waals surface area contributed by atoms with E-state index >= 15 is 0 Å². The summed E-state index contributed by atoms with van der Waals surface area (Å²) < 4.78 is 5.81. The van der Waals surface area contributed by atoms with Crippen molar-refractivity contribution in [2.24, 2.45) is 0 Å². The van der Waals surface area contributed by atoms with Crippen LogP contribution in [0, 0.1) is 0 Å². The van der Waals surface area contributed by atoms with Crippen LogP contribution in [-0.2, 0) is 14.4 Å². The Kier molecular flexibility index (Phi) is 6.97. The largest absolute Gasteiger partial charge is 0.484 e. The van der Waals surface area contributed by atoms with Crippen molar-refractivity contribution >= 4 is 34.8 Å². The number of anilines is 1. The number of allylic oxidation sites excluding steroid dienone is 4. The predicted octanol–water partition coefficient (Wildman–Crippen LogP) is 5.79. The third kappa shape index (κ3) is 4.70.